The molecule has 0 amide bonds. The van der Waals surface area contributed by atoms with Crippen molar-refractivity contribution in [1.29, 1.82) is 0 Å². The SMILES string of the molecule is Clc1cc2c(nc1Cl)N[C@H]1CCN2C1.FC(F)c1cccc(-c2nc3c(cc2Cl)N2CC[C@@H](C2)N3)c1.O[B]Oc1cccc(C(F)F)c1. The third-order valence-electron chi connectivity index (χ3n) is 8.32. The van der Waals surface area contributed by atoms with E-state index in [1.807, 2.05) is 12.1 Å². The first-order chi connectivity index (χ1) is 23.1. The van der Waals surface area contributed by atoms with Crippen LogP contribution in [0.4, 0.5) is 40.6 Å². The number of hydrogen-bond donors (Lipinski definition) is 3. The van der Waals surface area contributed by atoms with Gasteiger partial charge in [0.05, 0.1) is 27.1 Å². The highest BCUT2D eigenvalue weighted by Gasteiger charge is 2.32. The first-order valence-electron chi connectivity index (χ1n) is 15.1. The van der Waals surface area contributed by atoms with Gasteiger partial charge in [-0.2, -0.15) is 0 Å². The van der Waals surface area contributed by atoms with Crippen molar-refractivity contribution in [2.24, 2.45) is 0 Å². The number of anilines is 4. The van der Waals surface area contributed by atoms with Gasteiger partial charge in [0.25, 0.3) is 12.9 Å². The van der Waals surface area contributed by atoms with Gasteiger partial charge < -0.3 is 30.1 Å². The fourth-order valence-electron chi connectivity index (χ4n) is 6.02. The Kier molecular flexibility index (Phi) is 10.6. The summed E-state index contributed by atoms with van der Waals surface area (Å²) >= 11 is 18.2. The van der Waals surface area contributed by atoms with Gasteiger partial charge in [0, 0.05) is 55.0 Å². The monoisotopic (exact) mass is 721 g/mol. The van der Waals surface area contributed by atoms with Crippen LogP contribution in [0.25, 0.3) is 11.3 Å². The molecule has 0 spiro atoms. The Morgan fingerprint density at radius 1 is 0.771 bits per heavy atom. The van der Waals surface area contributed by atoms with Crippen molar-refractivity contribution in [3.05, 3.63) is 87.0 Å². The lowest BCUT2D eigenvalue weighted by Gasteiger charge is -2.28. The van der Waals surface area contributed by atoms with Crippen molar-refractivity contribution in [3.8, 4) is 17.0 Å². The van der Waals surface area contributed by atoms with Crippen LogP contribution in [0.15, 0.2) is 60.7 Å². The predicted octanol–water partition coefficient (Wildman–Crippen LogP) is 8.27. The summed E-state index contributed by atoms with van der Waals surface area (Å²) < 4.78 is 54.4. The maximum atomic E-state index is 12.9. The molecule has 2 aromatic heterocycles. The number of nitrogens with zero attached hydrogens (tertiary/aromatic N) is 4. The van der Waals surface area contributed by atoms with E-state index in [9.17, 15) is 17.6 Å². The minimum absolute atomic E-state index is 0.0233. The molecule has 16 heteroatoms. The van der Waals surface area contributed by atoms with Gasteiger partial charge >= 0.3 is 7.69 Å². The molecule has 0 saturated carbocycles. The van der Waals surface area contributed by atoms with E-state index in [4.69, 9.17) is 39.8 Å². The molecule has 1 radical (unpaired) electrons. The average molecular weight is 723 g/mol. The van der Waals surface area contributed by atoms with Gasteiger partial charge in [-0.3, -0.25) is 0 Å². The standard InChI is InChI=1S/C16H14ClF2N3.C9H9Cl2N3.C7H6BF2O2/c17-12-7-13-16(20-11-4-5-22(13)8-11)21-14(12)9-2-1-3-10(6-9)15(18)19;10-6-3-7-9(13-8(6)11)12-5-1-2-14(7)4-5;9-7(10)5-2-1-3-6(4-5)12-8-11/h1-3,6-7,11,15H,4-5,8H2,(H,20,21);3,5H,1-2,4H2,(H,12,13);1-4,7,11H/t11-;5-;/m00./s1. The Morgan fingerprint density at radius 2 is 1.33 bits per heavy atom. The van der Waals surface area contributed by atoms with Gasteiger partial charge in [0.15, 0.2) is 11.6 Å². The maximum absolute atomic E-state index is 12.9. The molecule has 2 saturated heterocycles. The molecule has 2 atom stereocenters. The van der Waals surface area contributed by atoms with Gasteiger partial charge in [0.2, 0.25) is 0 Å². The van der Waals surface area contributed by atoms with Gasteiger partial charge in [-0.15, -0.1) is 0 Å². The van der Waals surface area contributed by atoms with Crippen LogP contribution < -0.4 is 25.1 Å². The molecule has 4 bridgehead atoms. The summed E-state index contributed by atoms with van der Waals surface area (Å²) in [4.78, 5) is 13.4. The van der Waals surface area contributed by atoms with Crippen molar-refractivity contribution in [1.82, 2.24) is 9.97 Å². The molecule has 0 unspecified atom stereocenters. The second kappa shape index (κ2) is 14.9. The molecule has 4 aliphatic heterocycles. The van der Waals surface area contributed by atoms with E-state index in [0.29, 0.717) is 46.2 Å². The third-order valence-corrected chi connectivity index (χ3v) is 9.28. The smallest absolute Gasteiger partial charge is 0.537 e. The summed E-state index contributed by atoms with van der Waals surface area (Å²) in [6.07, 6.45) is -2.79. The number of nitrogens with one attached hydrogen (secondary N) is 2. The van der Waals surface area contributed by atoms with Crippen LogP contribution in [0, 0.1) is 0 Å². The van der Waals surface area contributed by atoms with Crippen LogP contribution in [0.2, 0.25) is 15.2 Å². The van der Waals surface area contributed by atoms with Crippen LogP contribution in [0.1, 0.15) is 36.8 Å². The molecule has 251 valence electrons. The van der Waals surface area contributed by atoms with Crippen LogP contribution >= 0.6 is 34.8 Å². The predicted molar refractivity (Wildman–Crippen MR) is 182 cm³/mol. The zero-order valence-electron chi connectivity index (χ0n) is 25.2. The lowest BCUT2D eigenvalue weighted by Crippen LogP contribution is -2.32. The van der Waals surface area contributed by atoms with Gasteiger partial charge in [-0.1, -0.05) is 65.1 Å². The maximum Gasteiger partial charge on any atom is 0.569 e. The molecule has 4 aromatic rings. The first-order valence-corrected chi connectivity index (χ1v) is 16.2. The lowest BCUT2D eigenvalue weighted by molar-refractivity contribution is 0.151. The van der Waals surface area contributed by atoms with Crippen molar-refractivity contribution >= 4 is 65.5 Å². The number of hydrogen-bond acceptors (Lipinski definition) is 8. The topological polar surface area (TPSA) is 85.8 Å². The van der Waals surface area contributed by atoms with Gasteiger partial charge in [-0.05, 0) is 43.2 Å². The largest absolute Gasteiger partial charge is 0.569 e. The number of benzene rings is 2. The van der Waals surface area contributed by atoms with E-state index in [2.05, 4.69) is 35.1 Å². The molecular weight excluding hydrogens is 694 g/mol. The fourth-order valence-corrected chi connectivity index (χ4v) is 6.56. The normalized spacial score (nSPS) is 18.1. The van der Waals surface area contributed by atoms with Crippen molar-refractivity contribution in [2.75, 3.05) is 46.6 Å². The molecule has 2 aromatic carbocycles. The molecular formula is C32H29BCl3F4N6O2. The molecule has 3 N–H and O–H groups in total. The minimum atomic E-state index is -2.52. The first kappa shape index (κ1) is 34.2. The minimum Gasteiger partial charge on any atom is -0.537 e. The van der Waals surface area contributed by atoms with Crippen molar-refractivity contribution in [2.45, 2.75) is 37.8 Å². The summed E-state index contributed by atoms with van der Waals surface area (Å²) in [5, 5.41) is 16.4. The molecule has 6 heterocycles. The quantitative estimate of drug-likeness (QED) is 0.108. The Labute approximate surface area is 290 Å². The van der Waals surface area contributed by atoms with E-state index in [0.717, 1.165) is 68.1 Å². The number of rotatable bonds is 5. The highest BCUT2D eigenvalue weighted by atomic mass is 35.5. The zero-order valence-corrected chi connectivity index (χ0v) is 27.5. The molecule has 8 nitrogen and oxygen atoms in total. The summed E-state index contributed by atoms with van der Waals surface area (Å²) in [6.45, 7) is 4.07. The molecule has 48 heavy (non-hydrogen) atoms. The Hall–Kier alpha value is -3.65. The van der Waals surface area contributed by atoms with Crippen molar-refractivity contribution < 1.29 is 27.2 Å². The summed E-state index contributed by atoms with van der Waals surface area (Å²) in [5.41, 5.74) is 3.07. The average Bonchev–Trinajstić information content (AvgIpc) is 3.67. The number of halogens is 7. The van der Waals surface area contributed by atoms with E-state index < -0.39 is 12.9 Å². The van der Waals surface area contributed by atoms with Crippen molar-refractivity contribution in [3.63, 3.8) is 0 Å². The Balaban J connectivity index is 0.000000134. The van der Waals surface area contributed by atoms with E-state index in [1.165, 1.54) is 30.3 Å². The molecule has 8 rings (SSSR count). The Morgan fingerprint density at radius 3 is 1.94 bits per heavy atom. The van der Waals surface area contributed by atoms with E-state index in [1.54, 1.807) is 12.1 Å². The summed E-state index contributed by atoms with van der Waals surface area (Å²) in [5.74, 6) is 1.85. The lowest BCUT2D eigenvalue weighted by atomic mass is 10.1. The highest BCUT2D eigenvalue weighted by molar-refractivity contribution is 6.41. The molecule has 4 aliphatic rings. The van der Waals surface area contributed by atoms with E-state index in [-0.39, 0.29) is 16.9 Å². The number of alkyl halides is 4. The third kappa shape index (κ3) is 7.64. The van der Waals surface area contributed by atoms with Crippen LogP contribution in [-0.2, 0) is 0 Å². The van der Waals surface area contributed by atoms with Crippen LogP contribution in [-0.4, -0.2) is 60.9 Å². The Bertz CT molecular complexity index is 1780. The fraction of sp³-hybridized carbons (Fsp3) is 0.312. The number of pyridine rings is 2. The van der Waals surface area contributed by atoms with Crippen LogP contribution in [0.3, 0.4) is 0 Å². The molecule has 0 aliphatic carbocycles. The highest BCUT2D eigenvalue weighted by Crippen LogP contribution is 2.40. The molecule has 2 fully saturated rings. The van der Waals surface area contributed by atoms with Gasteiger partial charge in [-0.25, -0.2) is 27.5 Å². The van der Waals surface area contributed by atoms with Crippen LogP contribution in [0.5, 0.6) is 5.75 Å². The van der Waals surface area contributed by atoms with E-state index >= 15 is 0 Å². The summed E-state index contributed by atoms with van der Waals surface area (Å²) in [6, 6.07) is 16.3. The zero-order chi connectivity index (χ0) is 33.9. The van der Waals surface area contributed by atoms with Gasteiger partial charge in [0.1, 0.15) is 10.9 Å². The number of fused-ring (bicyclic) bond motifs is 8. The summed E-state index contributed by atoms with van der Waals surface area (Å²) in [7, 11) is 0.449. The number of aromatic nitrogens is 2. The second-order valence-corrected chi connectivity index (χ2v) is 12.7. The second-order valence-electron chi connectivity index (χ2n) is 11.5.